The number of nitrogens with zero attached hydrogens (tertiary/aromatic N) is 2. The first-order valence-corrected chi connectivity index (χ1v) is 6.36. The van der Waals surface area contributed by atoms with E-state index in [1.165, 1.54) is 0 Å². The minimum Gasteiger partial charge on any atom is -0.339 e. The molecule has 4 nitrogen and oxygen atoms in total. The first kappa shape index (κ1) is 11.0. The number of hydrogen-bond acceptors (Lipinski definition) is 5. The van der Waals surface area contributed by atoms with Crippen LogP contribution in [0, 0.1) is 0 Å². The Morgan fingerprint density at radius 3 is 2.80 bits per heavy atom. The lowest BCUT2D eigenvalue weighted by molar-refractivity contribution is 0.344. The monoisotopic (exact) mass is 227 g/mol. The molecule has 1 heterocycles. The van der Waals surface area contributed by atoms with Crippen molar-refractivity contribution in [1.82, 2.24) is 10.1 Å². The predicted molar refractivity (Wildman–Crippen MR) is 60.7 cm³/mol. The van der Waals surface area contributed by atoms with Crippen molar-refractivity contribution in [2.24, 2.45) is 5.73 Å². The molecule has 1 fully saturated rings. The van der Waals surface area contributed by atoms with E-state index in [9.17, 15) is 0 Å². The van der Waals surface area contributed by atoms with Crippen LogP contribution in [0.3, 0.4) is 0 Å². The summed E-state index contributed by atoms with van der Waals surface area (Å²) < 4.78 is 5.26. The highest BCUT2D eigenvalue weighted by atomic mass is 32.2. The Balaban J connectivity index is 1.98. The molecular weight excluding hydrogens is 210 g/mol. The normalized spacial score (nSPS) is 18.4. The second kappa shape index (κ2) is 4.14. The number of aromatic nitrogens is 2. The summed E-state index contributed by atoms with van der Waals surface area (Å²) in [6.07, 6.45) is 2.17. The Labute approximate surface area is 94.0 Å². The molecular formula is C10H17N3OS. The molecule has 15 heavy (non-hydrogen) atoms. The molecule has 0 aromatic carbocycles. The Kier molecular flexibility index (Phi) is 3.02. The highest BCUT2D eigenvalue weighted by Gasteiger charge is 2.48. The molecule has 1 aliphatic carbocycles. The van der Waals surface area contributed by atoms with Crippen LogP contribution < -0.4 is 5.73 Å². The summed E-state index contributed by atoms with van der Waals surface area (Å²) in [5, 5.41) is 4.57. The van der Waals surface area contributed by atoms with Gasteiger partial charge >= 0.3 is 0 Å². The van der Waals surface area contributed by atoms with E-state index >= 15 is 0 Å². The van der Waals surface area contributed by atoms with E-state index in [2.05, 4.69) is 24.0 Å². The Hall–Kier alpha value is -0.550. The third-order valence-corrected chi connectivity index (χ3v) is 3.80. The summed E-state index contributed by atoms with van der Waals surface area (Å²) in [7, 11) is 0. The maximum atomic E-state index is 5.70. The van der Waals surface area contributed by atoms with Crippen LogP contribution in [0.1, 0.15) is 38.4 Å². The van der Waals surface area contributed by atoms with Crippen LogP contribution in [0.5, 0.6) is 0 Å². The van der Waals surface area contributed by atoms with E-state index in [4.69, 9.17) is 10.3 Å². The zero-order valence-electron chi connectivity index (χ0n) is 9.19. The topological polar surface area (TPSA) is 64.9 Å². The molecule has 0 atom stereocenters. The fraction of sp³-hybridized carbons (Fsp3) is 0.800. The van der Waals surface area contributed by atoms with Crippen LogP contribution in [0.25, 0.3) is 0 Å². The van der Waals surface area contributed by atoms with Crippen molar-refractivity contribution in [2.45, 2.75) is 43.1 Å². The SMILES string of the molecule is CC(C)SCc1noc(C2(CN)CC2)n1. The average molecular weight is 227 g/mol. The van der Waals surface area contributed by atoms with Gasteiger partial charge in [-0.05, 0) is 18.1 Å². The first-order chi connectivity index (χ1) is 7.16. The van der Waals surface area contributed by atoms with Crippen molar-refractivity contribution in [3.05, 3.63) is 11.7 Å². The maximum absolute atomic E-state index is 5.70. The van der Waals surface area contributed by atoms with Crippen molar-refractivity contribution in [2.75, 3.05) is 6.54 Å². The van der Waals surface area contributed by atoms with Crippen molar-refractivity contribution in [3.8, 4) is 0 Å². The predicted octanol–water partition coefficient (Wildman–Crippen LogP) is 1.70. The minimum atomic E-state index is 0.0216. The van der Waals surface area contributed by atoms with Gasteiger partial charge in [0.25, 0.3) is 0 Å². The number of rotatable bonds is 5. The molecule has 5 heteroatoms. The molecule has 84 valence electrons. The lowest BCUT2D eigenvalue weighted by Crippen LogP contribution is -2.20. The fourth-order valence-electron chi connectivity index (χ4n) is 1.43. The van der Waals surface area contributed by atoms with Gasteiger partial charge in [-0.25, -0.2) is 0 Å². The van der Waals surface area contributed by atoms with E-state index < -0.39 is 0 Å². The molecule has 0 radical (unpaired) electrons. The highest BCUT2D eigenvalue weighted by molar-refractivity contribution is 7.99. The summed E-state index contributed by atoms with van der Waals surface area (Å²) in [6, 6.07) is 0. The number of nitrogens with two attached hydrogens (primary N) is 1. The maximum Gasteiger partial charge on any atom is 0.234 e. The summed E-state index contributed by atoms with van der Waals surface area (Å²) in [5.74, 6) is 2.36. The molecule has 2 rings (SSSR count). The quantitative estimate of drug-likeness (QED) is 0.829. The molecule has 0 unspecified atom stereocenters. The van der Waals surface area contributed by atoms with Gasteiger partial charge in [0.15, 0.2) is 5.82 Å². The largest absolute Gasteiger partial charge is 0.339 e. The van der Waals surface area contributed by atoms with E-state index in [0.717, 1.165) is 30.3 Å². The second-order valence-electron chi connectivity index (χ2n) is 4.36. The van der Waals surface area contributed by atoms with Gasteiger partial charge in [-0.2, -0.15) is 16.7 Å². The molecule has 0 saturated heterocycles. The van der Waals surface area contributed by atoms with E-state index in [1.807, 2.05) is 11.8 Å². The van der Waals surface area contributed by atoms with Gasteiger partial charge in [-0.15, -0.1) is 0 Å². The van der Waals surface area contributed by atoms with Crippen LogP contribution in [-0.4, -0.2) is 21.9 Å². The highest BCUT2D eigenvalue weighted by Crippen LogP contribution is 2.46. The van der Waals surface area contributed by atoms with Gasteiger partial charge in [0.2, 0.25) is 5.89 Å². The van der Waals surface area contributed by atoms with Crippen LogP contribution in [-0.2, 0) is 11.2 Å². The van der Waals surface area contributed by atoms with Crippen LogP contribution in [0.15, 0.2) is 4.52 Å². The van der Waals surface area contributed by atoms with E-state index in [0.29, 0.717) is 11.8 Å². The van der Waals surface area contributed by atoms with Gasteiger partial charge in [-0.1, -0.05) is 19.0 Å². The standard InChI is InChI=1S/C10H17N3OS/c1-7(2)15-5-8-12-9(14-13-8)10(6-11)3-4-10/h7H,3-6,11H2,1-2H3. The molecule has 1 aliphatic rings. The van der Waals surface area contributed by atoms with Gasteiger partial charge in [-0.3, -0.25) is 0 Å². The molecule has 0 amide bonds. The molecule has 2 N–H and O–H groups in total. The summed E-state index contributed by atoms with van der Waals surface area (Å²) in [5.41, 5.74) is 5.72. The first-order valence-electron chi connectivity index (χ1n) is 5.31. The van der Waals surface area contributed by atoms with Gasteiger partial charge in [0.1, 0.15) is 0 Å². The summed E-state index contributed by atoms with van der Waals surface area (Å²) >= 11 is 1.82. The van der Waals surface area contributed by atoms with Crippen molar-refractivity contribution < 1.29 is 4.52 Å². The Bertz CT molecular complexity index is 333. The van der Waals surface area contributed by atoms with Gasteiger partial charge < -0.3 is 10.3 Å². The molecule has 1 aromatic heterocycles. The third-order valence-electron chi connectivity index (χ3n) is 2.71. The van der Waals surface area contributed by atoms with E-state index in [1.54, 1.807) is 0 Å². The minimum absolute atomic E-state index is 0.0216. The molecule has 0 bridgehead atoms. The molecule has 1 aromatic rings. The third kappa shape index (κ3) is 2.34. The Morgan fingerprint density at radius 1 is 1.53 bits per heavy atom. The molecule has 0 spiro atoms. The van der Waals surface area contributed by atoms with Crippen LogP contribution in [0.4, 0.5) is 0 Å². The summed E-state index contributed by atoms with van der Waals surface area (Å²) in [4.78, 5) is 4.41. The van der Waals surface area contributed by atoms with E-state index in [-0.39, 0.29) is 5.41 Å². The van der Waals surface area contributed by atoms with Crippen molar-refractivity contribution in [3.63, 3.8) is 0 Å². The summed E-state index contributed by atoms with van der Waals surface area (Å²) in [6.45, 7) is 4.94. The van der Waals surface area contributed by atoms with Gasteiger partial charge in [0.05, 0.1) is 11.2 Å². The second-order valence-corrected chi connectivity index (χ2v) is 5.92. The lowest BCUT2D eigenvalue weighted by Gasteiger charge is -2.03. The van der Waals surface area contributed by atoms with Gasteiger partial charge in [0, 0.05) is 6.54 Å². The smallest absolute Gasteiger partial charge is 0.234 e. The Morgan fingerprint density at radius 2 is 2.27 bits per heavy atom. The number of thioether (sulfide) groups is 1. The van der Waals surface area contributed by atoms with Crippen LogP contribution >= 0.6 is 11.8 Å². The van der Waals surface area contributed by atoms with Crippen molar-refractivity contribution >= 4 is 11.8 Å². The fourth-order valence-corrected chi connectivity index (χ4v) is 2.03. The number of hydrogen-bond donors (Lipinski definition) is 1. The molecule has 1 saturated carbocycles. The zero-order valence-corrected chi connectivity index (χ0v) is 10.0. The van der Waals surface area contributed by atoms with Crippen molar-refractivity contribution in [1.29, 1.82) is 0 Å². The zero-order chi connectivity index (χ0) is 10.9. The molecule has 0 aliphatic heterocycles. The lowest BCUT2D eigenvalue weighted by atomic mass is 10.1. The van der Waals surface area contributed by atoms with Crippen LogP contribution in [0.2, 0.25) is 0 Å². The average Bonchev–Trinajstić information content (AvgIpc) is 2.87.